The summed E-state index contributed by atoms with van der Waals surface area (Å²) < 4.78 is 4.66. The molecule has 0 spiro atoms. The second kappa shape index (κ2) is 17.7. The number of aliphatic hydroxyl groups is 1. The molecule has 1 N–H and O–H groups in total. The fourth-order valence-electron chi connectivity index (χ4n) is 2.71. The number of rotatable bonds is 17. The molecule has 0 aromatic heterocycles. The molecule has 0 saturated heterocycles. The highest BCUT2D eigenvalue weighted by molar-refractivity contribution is 5.89. The normalized spacial score (nSPS) is 12.4. The van der Waals surface area contributed by atoms with E-state index in [1.165, 1.54) is 77.2 Å². The number of aliphatic hydroxyl groups excluding tert-OH is 1. The van der Waals surface area contributed by atoms with Gasteiger partial charge in [0.2, 0.25) is 0 Å². The third-order valence-corrected chi connectivity index (χ3v) is 4.19. The van der Waals surface area contributed by atoms with E-state index in [2.05, 4.69) is 11.7 Å². The van der Waals surface area contributed by atoms with Crippen LogP contribution in [0.2, 0.25) is 0 Å². The van der Waals surface area contributed by atoms with E-state index in [4.69, 9.17) is 0 Å². The van der Waals surface area contributed by atoms with E-state index in [-0.39, 0.29) is 18.8 Å². The fourth-order valence-corrected chi connectivity index (χ4v) is 2.71. The van der Waals surface area contributed by atoms with E-state index < -0.39 is 12.1 Å². The lowest BCUT2D eigenvalue weighted by Crippen LogP contribution is -2.20. The molecular weight excluding hydrogens is 316 g/mol. The number of carbonyl (C=O) groups excluding carboxylic acids is 2. The summed E-state index contributed by atoms with van der Waals surface area (Å²) in [6.45, 7) is 3.41. The van der Waals surface area contributed by atoms with Crippen molar-refractivity contribution in [3.8, 4) is 0 Å². The van der Waals surface area contributed by atoms with Gasteiger partial charge >= 0.3 is 5.97 Å². The van der Waals surface area contributed by atoms with Gasteiger partial charge in [0.25, 0.3) is 0 Å². The zero-order valence-corrected chi connectivity index (χ0v) is 16.3. The Bertz CT molecular complexity index is 363. The van der Waals surface area contributed by atoms with E-state index in [1.54, 1.807) is 0 Å². The van der Waals surface area contributed by atoms with E-state index in [0.717, 1.165) is 12.8 Å². The van der Waals surface area contributed by atoms with Gasteiger partial charge in [-0.3, -0.25) is 9.59 Å². The quantitative estimate of drug-likeness (QED) is 0.223. The van der Waals surface area contributed by atoms with Crippen LogP contribution in [-0.2, 0) is 14.3 Å². The van der Waals surface area contributed by atoms with Crippen LogP contribution in [-0.4, -0.2) is 29.6 Å². The van der Waals surface area contributed by atoms with Crippen LogP contribution >= 0.6 is 0 Å². The number of ketones is 1. The number of unbranched alkanes of at least 4 members (excludes halogenated alkanes) is 11. The molecule has 4 heteroatoms. The first kappa shape index (κ1) is 23.8. The first-order valence-electron chi connectivity index (χ1n) is 10.1. The summed E-state index contributed by atoms with van der Waals surface area (Å²) in [5.74, 6) is -0.568. The maximum Gasteiger partial charge on any atom is 0.302 e. The van der Waals surface area contributed by atoms with Gasteiger partial charge in [0.05, 0.1) is 6.10 Å². The summed E-state index contributed by atoms with van der Waals surface area (Å²) in [5, 5.41) is 9.54. The molecule has 0 radical (unpaired) electrons. The summed E-state index contributed by atoms with van der Waals surface area (Å²) >= 11 is 0. The van der Waals surface area contributed by atoms with Crippen LogP contribution in [0.4, 0.5) is 0 Å². The van der Waals surface area contributed by atoms with Crippen molar-refractivity contribution in [3.05, 3.63) is 12.2 Å². The minimum absolute atomic E-state index is 0.00202. The first-order chi connectivity index (χ1) is 12.1. The van der Waals surface area contributed by atoms with Crippen molar-refractivity contribution in [2.24, 2.45) is 0 Å². The summed E-state index contributed by atoms with van der Waals surface area (Å²) in [5.41, 5.74) is 0. The predicted molar refractivity (Wildman–Crippen MR) is 102 cm³/mol. The number of ether oxygens (including phenoxy) is 1. The van der Waals surface area contributed by atoms with Gasteiger partial charge < -0.3 is 9.84 Å². The van der Waals surface area contributed by atoms with Crippen molar-refractivity contribution < 1.29 is 19.4 Å². The summed E-state index contributed by atoms with van der Waals surface area (Å²) in [4.78, 5) is 22.2. The lowest BCUT2D eigenvalue weighted by molar-refractivity contribution is -0.144. The minimum Gasteiger partial charge on any atom is -0.463 e. The Morgan fingerprint density at radius 1 is 0.920 bits per heavy atom. The average molecular weight is 355 g/mol. The van der Waals surface area contributed by atoms with Gasteiger partial charge in [0.1, 0.15) is 6.61 Å². The summed E-state index contributed by atoms with van der Waals surface area (Å²) in [6.07, 6.45) is 17.9. The van der Waals surface area contributed by atoms with E-state index >= 15 is 0 Å². The Balaban J connectivity index is 3.39. The molecule has 1 atom stereocenters. The number of esters is 1. The van der Waals surface area contributed by atoms with Gasteiger partial charge in [0.15, 0.2) is 5.78 Å². The summed E-state index contributed by atoms with van der Waals surface area (Å²) in [6, 6.07) is 0. The maximum atomic E-state index is 11.6. The molecule has 4 nitrogen and oxygen atoms in total. The number of carbonyl (C=O) groups is 2. The smallest absolute Gasteiger partial charge is 0.302 e. The number of hydrogen-bond acceptors (Lipinski definition) is 4. The van der Waals surface area contributed by atoms with Crippen LogP contribution in [0.5, 0.6) is 0 Å². The molecule has 0 aliphatic rings. The van der Waals surface area contributed by atoms with Gasteiger partial charge in [0, 0.05) is 13.3 Å². The average Bonchev–Trinajstić information content (AvgIpc) is 2.57. The Morgan fingerprint density at radius 3 is 1.96 bits per heavy atom. The van der Waals surface area contributed by atoms with Gasteiger partial charge in [-0.2, -0.15) is 0 Å². The number of allylic oxidation sites excluding steroid dienone is 2. The van der Waals surface area contributed by atoms with Crippen molar-refractivity contribution >= 4 is 11.8 Å². The van der Waals surface area contributed by atoms with Crippen molar-refractivity contribution in [2.45, 2.75) is 103 Å². The highest BCUT2D eigenvalue weighted by Gasteiger charge is 2.09. The predicted octanol–water partition coefficient (Wildman–Crippen LogP) is 5.13. The van der Waals surface area contributed by atoms with Crippen LogP contribution in [0.3, 0.4) is 0 Å². The van der Waals surface area contributed by atoms with Gasteiger partial charge in [-0.1, -0.05) is 77.2 Å². The summed E-state index contributed by atoms with van der Waals surface area (Å²) in [7, 11) is 0. The van der Waals surface area contributed by atoms with E-state index in [1.807, 2.05) is 6.08 Å². The third kappa shape index (κ3) is 19.0. The van der Waals surface area contributed by atoms with Crippen molar-refractivity contribution in [1.82, 2.24) is 0 Å². The second-order valence-electron chi connectivity index (χ2n) is 6.85. The topological polar surface area (TPSA) is 63.6 Å². The molecule has 1 unspecified atom stereocenters. The fraction of sp³-hybridized carbons (Fsp3) is 0.810. The zero-order chi connectivity index (χ0) is 18.8. The molecular formula is C21H38O4. The molecule has 0 aliphatic carbocycles. The zero-order valence-electron chi connectivity index (χ0n) is 16.3. The van der Waals surface area contributed by atoms with Gasteiger partial charge in [-0.15, -0.1) is 0 Å². The minimum atomic E-state index is -0.914. The molecule has 0 fully saturated rings. The Kier molecular flexibility index (Phi) is 16.8. The Labute approximate surface area is 154 Å². The molecule has 0 aromatic rings. The molecule has 0 bridgehead atoms. The van der Waals surface area contributed by atoms with Crippen LogP contribution in [0.1, 0.15) is 97.3 Å². The largest absolute Gasteiger partial charge is 0.463 e. The Morgan fingerprint density at radius 2 is 1.44 bits per heavy atom. The lowest BCUT2D eigenvalue weighted by atomic mass is 10.1. The first-order valence-corrected chi connectivity index (χ1v) is 10.1. The molecule has 25 heavy (non-hydrogen) atoms. The highest BCUT2D eigenvalue weighted by Crippen LogP contribution is 2.12. The Hall–Kier alpha value is -1.16. The maximum absolute atomic E-state index is 11.6. The second-order valence-corrected chi connectivity index (χ2v) is 6.85. The monoisotopic (exact) mass is 354 g/mol. The number of hydrogen-bond donors (Lipinski definition) is 1. The molecule has 0 saturated carbocycles. The van der Waals surface area contributed by atoms with Crippen LogP contribution in [0.15, 0.2) is 12.2 Å². The third-order valence-electron chi connectivity index (χ3n) is 4.19. The van der Waals surface area contributed by atoms with Crippen LogP contribution in [0.25, 0.3) is 0 Å². The molecule has 0 aromatic carbocycles. The standard InChI is InChI=1S/C21H38O4/c1-3-4-5-6-7-8-9-10-11-12-13-14-15-16-20(23)17-21(24)18-25-19(2)22/h15-16,21,24H,3-14,17-18H2,1-2H3. The van der Waals surface area contributed by atoms with Gasteiger partial charge in [-0.05, 0) is 18.9 Å². The molecule has 0 heterocycles. The molecule has 0 amide bonds. The van der Waals surface area contributed by atoms with Gasteiger partial charge in [-0.25, -0.2) is 0 Å². The SMILES string of the molecule is CCCCCCCCCCCCCC=CC(=O)CC(O)COC(C)=O. The van der Waals surface area contributed by atoms with Crippen molar-refractivity contribution in [2.75, 3.05) is 6.61 Å². The lowest BCUT2D eigenvalue weighted by Gasteiger charge is -2.07. The highest BCUT2D eigenvalue weighted by atomic mass is 16.5. The van der Waals surface area contributed by atoms with E-state index in [0.29, 0.717) is 0 Å². The molecule has 146 valence electrons. The van der Waals surface area contributed by atoms with Crippen LogP contribution in [0, 0.1) is 0 Å². The van der Waals surface area contributed by atoms with Crippen molar-refractivity contribution in [3.63, 3.8) is 0 Å². The molecule has 0 aliphatic heterocycles. The van der Waals surface area contributed by atoms with Crippen LogP contribution < -0.4 is 0 Å². The van der Waals surface area contributed by atoms with Crippen molar-refractivity contribution in [1.29, 1.82) is 0 Å². The molecule has 0 rings (SSSR count). The van der Waals surface area contributed by atoms with E-state index in [9.17, 15) is 14.7 Å².